The zero-order valence-electron chi connectivity index (χ0n) is 14.6. The van der Waals surface area contributed by atoms with Crippen molar-refractivity contribution in [3.8, 4) is 0 Å². The Morgan fingerprint density at radius 1 is 1.20 bits per heavy atom. The maximum absolute atomic E-state index is 12.4. The van der Waals surface area contributed by atoms with Gasteiger partial charge in [0.05, 0.1) is 25.9 Å². The molecule has 7 heteroatoms. The van der Waals surface area contributed by atoms with Crippen LogP contribution in [-0.2, 0) is 14.3 Å². The summed E-state index contributed by atoms with van der Waals surface area (Å²) in [5.41, 5.74) is 1.60. The minimum Gasteiger partial charge on any atom is -0.465 e. The quantitative estimate of drug-likeness (QED) is 0.800. The van der Waals surface area contributed by atoms with Gasteiger partial charge in [0.2, 0.25) is 5.91 Å². The molecule has 1 N–H and O–H groups in total. The van der Waals surface area contributed by atoms with Crippen molar-refractivity contribution < 1.29 is 19.1 Å². The molecule has 25 heavy (non-hydrogen) atoms. The molecular formula is C18H25N3O4. The van der Waals surface area contributed by atoms with Gasteiger partial charge in [-0.25, -0.2) is 4.79 Å². The van der Waals surface area contributed by atoms with E-state index in [0.29, 0.717) is 31.7 Å². The number of carbonyl (C=O) groups is 2. The third-order valence-electron chi connectivity index (χ3n) is 4.71. The second kappa shape index (κ2) is 8.31. The Labute approximate surface area is 147 Å². The van der Waals surface area contributed by atoms with Crippen molar-refractivity contribution in [1.29, 1.82) is 0 Å². The first-order valence-electron chi connectivity index (χ1n) is 8.69. The normalized spacial score (nSPS) is 21.1. The van der Waals surface area contributed by atoms with Gasteiger partial charge < -0.3 is 24.6 Å². The lowest BCUT2D eigenvalue weighted by atomic mass is 10.1. The zero-order valence-corrected chi connectivity index (χ0v) is 14.6. The molecule has 0 aliphatic carbocycles. The van der Waals surface area contributed by atoms with Gasteiger partial charge in [-0.1, -0.05) is 0 Å². The number of nitrogens with zero attached hydrogens (tertiary/aromatic N) is 2. The van der Waals surface area contributed by atoms with Crippen LogP contribution in [0.4, 0.5) is 5.69 Å². The number of amides is 1. The van der Waals surface area contributed by atoms with Crippen LogP contribution < -0.4 is 10.2 Å². The molecular weight excluding hydrogens is 322 g/mol. The fraction of sp³-hybridized carbons (Fsp3) is 0.556. The van der Waals surface area contributed by atoms with Gasteiger partial charge in [0.15, 0.2) is 0 Å². The van der Waals surface area contributed by atoms with Crippen LogP contribution in [0.3, 0.4) is 0 Å². The van der Waals surface area contributed by atoms with E-state index in [1.807, 2.05) is 17.0 Å². The van der Waals surface area contributed by atoms with Gasteiger partial charge in [0, 0.05) is 50.9 Å². The van der Waals surface area contributed by atoms with Crippen molar-refractivity contribution in [1.82, 2.24) is 10.2 Å². The SMILES string of the molecule is COC(=O)c1ccc(N2CCN(C(=O)C[C@@H]3COCCN3)CC2)cc1. The highest BCUT2D eigenvalue weighted by atomic mass is 16.5. The van der Waals surface area contributed by atoms with Crippen LogP contribution in [0, 0.1) is 0 Å². The van der Waals surface area contributed by atoms with E-state index < -0.39 is 0 Å². The third-order valence-corrected chi connectivity index (χ3v) is 4.71. The van der Waals surface area contributed by atoms with E-state index in [9.17, 15) is 9.59 Å². The fourth-order valence-corrected chi connectivity index (χ4v) is 3.23. The highest BCUT2D eigenvalue weighted by Crippen LogP contribution is 2.18. The minimum atomic E-state index is -0.331. The summed E-state index contributed by atoms with van der Waals surface area (Å²) in [4.78, 5) is 28.1. The molecule has 1 amide bonds. The summed E-state index contributed by atoms with van der Waals surface area (Å²) in [6.07, 6.45) is 0.494. The molecule has 0 bridgehead atoms. The smallest absolute Gasteiger partial charge is 0.337 e. The summed E-state index contributed by atoms with van der Waals surface area (Å²) in [5, 5.41) is 3.32. The third kappa shape index (κ3) is 4.49. The second-order valence-corrected chi connectivity index (χ2v) is 6.34. The van der Waals surface area contributed by atoms with Crippen molar-refractivity contribution in [3.63, 3.8) is 0 Å². The number of carbonyl (C=O) groups excluding carboxylic acids is 2. The van der Waals surface area contributed by atoms with Crippen molar-refractivity contribution >= 4 is 17.6 Å². The van der Waals surface area contributed by atoms with E-state index in [-0.39, 0.29) is 17.9 Å². The van der Waals surface area contributed by atoms with Gasteiger partial charge in [0.1, 0.15) is 0 Å². The van der Waals surface area contributed by atoms with E-state index in [4.69, 9.17) is 9.47 Å². The molecule has 2 aliphatic heterocycles. The first-order valence-corrected chi connectivity index (χ1v) is 8.69. The zero-order chi connectivity index (χ0) is 17.6. The standard InChI is InChI=1S/C18H25N3O4/c1-24-18(23)14-2-4-16(5-3-14)20-7-9-21(10-8-20)17(22)12-15-13-25-11-6-19-15/h2-5,15,19H,6-13H2,1H3/t15-/m1/s1. The monoisotopic (exact) mass is 347 g/mol. The summed E-state index contributed by atoms with van der Waals surface area (Å²) in [5.74, 6) is -0.147. The van der Waals surface area contributed by atoms with Crippen molar-refractivity contribution in [2.75, 3.05) is 57.9 Å². The van der Waals surface area contributed by atoms with E-state index in [1.54, 1.807) is 12.1 Å². The maximum Gasteiger partial charge on any atom is 0.337 e. The van der Waals surface area contributed by atoms with Crippen LogP contribution in [0.1, 0.15) is 16.8 Å². The Hall–Kier alpha value is -2.12. The maximum atomic E-state index is 12.4. The van der Waals surface area contributed by atoms with Gasteiger partial charge in [-0.2, -0.15) is 0 Å². The molecule has 136 valence electrons. The summed E-state index contributed by atoms with van der Waals surface area (Å²) in [6, 6.07) is 7.52. The summed E-state index contributed by atoms with van der Waals surface area (Å²) >= 11 is 0. The average Bonchev–Trinajstić information content (AvgIpc) is 2.68. The number of nitrogens with one attached hydrogen (secondary N) is 1. The average molecular weight is 347 g/mol. The lowest BCUT2D eigenvalue weighted by molar-refractivity contribution is -0.132. The van der Waals surface area contributed by atoms with Gasteiger partial charge in [-0.15, -0.1) is 0 Å². The van der Waals surface area contributed by atoms with E-state index >= 15 is 0 Å². The molecule has 7 nitrogen and oxygen atoms in total. The molecule has 0 radical (unpaired) electrons. The second-order valence-electron chi connectivity index (χ2n) is 6.34. The minimum absolute atomic E-state index is 0.130. The first-order chi connectivity index (χ1) is 12.2. The predicted molar refractivity (Wildman–Crippen MR) is 93.8 cm³/mol. The highest BCUT2D eigenvalue weighted by molar-refractivity contribution is 5.89. The Bertz CT molecular complexity index is 591. The number of esters is 1. The molecule has 0 spiro atoms. The van der Waals surface area contributed by atoms with E-state index in [2.05, 4.69) is 10.2 Å². The van der Waals surface area contributed by atoms with Gasteiger partial charge in [-0.05, 0) is 24.3 Å². The first kappa shape index (κ1) is 17.7. The number of morpholine rings is 1. The molecule has 0 aromatic heterocycles. The molecule has 2 heterocycles. The lowest BCUT2D eigenvalue weighted by Crippen LogP contribution is -2.51. The number of rotatable bonds is 4. The predicted octanol–water partition coefficient (Wildman–Crippen LogP) is 0.500. The topological polar surface area (TPSA) is 71.1 Å². The summed E-state index contributed by atoms with van der Waals surface area (Å²) in [6.45, 7) is 5.15. The lowest BCUT2D eigenvalue weighted by Gasteiger charge is -2.37. The Kier molecular flexibility index (Phi) is 5.88. The molecule has 1 atom stereocenters. The van der Waals surface area contributed by atoms with Crippen LogP contribution >= 0.6 is 0 Å². The molecule has 2 saturated heterocycles. The Morgan fingerprint density at radius 3 is 2.52 bits per heavy atom. The molecule has 0 saturated carbocycles. The van der Waals surface area contributed by atoms with Gasteiger partial charge >= 0.3 is 5.97 Å². The number of hydrogen-bond donors (Lipinski definition) is 1. The highest BCUT2D eigenvalue weighted by Gasteiger charge is 2.24. The number of anilines is 1. The number of ether oxygens (including phenoxy) is 2. The number of piperazine rings is 1. The van der Waals surface area contributed by atoms with Crippen LogP contribution in [-0.4, -0.2) is 75.9 Å². The van der Waals surface area contributed by atoms with Gasteiger partial charge in [0.25, 0.3) is 0 Å². The largest absolute Gasteiger partial charge is 0.465 e. The molecule has 3 rings (SSSR count). The molecule has 1 aromatic carbocycles. The van der Waals surface area contributed by atoms with Gasteiger partial charge in [-0.3, -0.25) is 4.79 Å². The Morgan fingerprint density at radius 2 is 1.92 bits per heavy atom. The summed E-state index contributed by atoms with van der Waals surface area (Å²) in [7, 11) is 1.38. The number of benzene rings is 1. The van der Waals surface area contributed by atoms with E-state index in [0.717, 1.165) is 31.9 Å². The molecule has 0 unspecified atom stereocenters. The summed E-state index contributed by atoms with van der Waals surface area (Å²) < 4.78 is 10.1. The van der Waals surface area contributed by atoms with Crippen molar-refractivity contribution in [2.45, 2.75) is 12.5 Å². The van der Waals surface area contributed by atoms with Crippen LogP contribution in [0.25, 0.3) is 0 Å². The van der Waals surface area contributed by atoms with Crippen LogP contribution in [0.5, 0.6) is 0 Å². The molecule has 2 fully saturated rings. The van der Waals surface area contributed by atoms with Crippen molar-refractivity contribution in [3.05, 3.63) is 29.8 Å². The Balaban J connectivity index is 1.49. The fourth-order valence-electron chi connectivity index (χ4n) is 3.23. The van der Waals surface area contributed by atoms with Crippen molar-refractivity contribution in [2.24, 2.45) is 0 Å². The van der Waals surface area contributed by atoms with Crippen LogP contribution in [0.2, 0.25) is 0 Å². The number of hydrogen-bond acceptors (Lipinski definition) is 6. The van der Waals surface area contributed by atoms with Crippen LogP contribution in [0.15, 0.2) is 24.3 Å². The molecule has 1 aromatic rings. The number of methoxy groups -OCH3 is 1. The molecule has 2 aliphatic rings. The van der Waals surface area contributed by atoms with E-state index in [1.165, 1.54) is 7.11 Å².